The van der Waals surface area contributed by atoms with Crippen molar-refractivity contribution in [1.29, 1.82) is 0 Å². The molecule has 0 unspecified atom stereocenters. The Kier molecular flexibility index (Phi) is 3.57. The molecular weight excluding hydrogens is 448 g/mol. The van der Waals surface area contributed by atoms with Crippen molar-refractivity contribution in [1.82, 2.24) is 19.6 Å². The van der Waals surface area contributed by atoms with Gasteiger partial charge < -0.3 is 0 Å². The highest BCUT2D eigenvalue weighted by Gasteiger charge is 2.75. The maximum atomic E-state index is 14.2. The van der Waals surface area contributed by atoms with Crippen LogP contribution in [0, 0.1) is 0 Å². The van der Waals surface area contributed by atoms with Gasteiger partial charge >= 0.3 is 12.1 Å². The molecule has 0 spiro atoms. The summed E-state index contributed by atoms with van der Waals surface area (Å²) in [6, 6.07) is 25.4. The summed E-state index contributed by atoms with van der Waals surface area (Å²) >= 11 is 0. The molecule has 4 heterocycles. The first-order valence-electron chi connectivity index (χ1n) is 12.6. The van der Waals surface area contributed by atoms with Gasteiger partial charge in [0, 0.05) is 0 Å². The fourth-order valence-electron chi connectivity index (χ4n) is 7.18. The summed E-state index contributed by atoms with van der Waals surface area (Å²) in [5, 5.41) is 4.63. The molecular formula is C30H26N4O2. The minimum absolute atomic E-state index is 0.00971. The monoisotopic (exact) mass is 474 g/mol. The zero-order valence-electron chi connectivity index (χ0n) is 20.4. The normalized spacial score (nSPS) is 26.3. The Hall–Kier alpha value is -4.06. The average molecular weight is 475 g/mol. The van der Waals surface area contributed by atoms with Crippen molar-refractivity contribution < 1.29 is 9.59 Å². The number of hydrogen-bond acceptors (Lipinski definition) is 2. The van der Waals surface area contributed by atoms with Crippen LogP contribution in [-0.2, 0) is 26.2 Å². The minimum atomic E-state index is -0.784. The van der Waals surface area contributed by atoms with E-state index in [2.05, 4.69) is 62.4 Å². The van der Waals surface area contributed by atoms with E-state index in [-0.39, 0.29) is 12.1 Å². The number of carbonyl (C=O) groups excluding carboxylic acids is 2. The molecule has 4 aromatic rings. The number of fused-ring (bicyclic) bond motifs is 4. The average Bonchev–Trinajstić information content (AvgIpc) is 3.03. The smallest absolute Gasteiger partial charge is 0.293 e. The predicted octanol–water partition coefficient (Wildman–Crippen LogP) is 5.63. The van der Waals surface area contributed by atoms with E-state index in [1.807, 2.05) is 43.9 Å². The highest BCUT2D eigenvalue weighted by molar-refractivity contribution is 5.91. The lowest BCUT2D eigenvalue weighted by molar-refractivity contribution is -0.0427. The maximum Gasteiger partial charge on any atom is 0.324 e. The lowest BCUT2D eigenvalue weighted by atomic mass is 9.95. The second-order valence-electron chi connectivity index (χ2n) is 10.9. The fourth-order valence-corrected chi connectivity index (χ4v) is 7.18. The first-order chi connectivity index (χ1) is 17.4. The van der Waals surface area contributed by atoms with E-state index >= 15 is 0 Å². The third-order valence-corrected chi connectivity index (χ3v) is 9.37. The Bertz CT molecular complexity index is 1430. The predicted molar refractivity (Wildman–Crippen MR) is 138 cm³/mol. The molecule has 6 nitrogen and oxygen atoms in total. The molecule has 0 atom stereocenters. The number of benzene rings is 4. The van der Waals surface area contributed by atoms with Crippen LogP contribution in [0.1, 0.15) is 36.1 Å². The van der Waals surface area contributed by atoms with E-state index in [1.165, 1.54) is 0 Å². The first kappa shape index (κ1) is 20.2. The Labute approximate surface area is 209 Å². The highest BCUT2D eigenvalue weighted by atomic mass is 16.2. The molecule has 36 heavy (non-hydrogen) atoms. The largest absolute Gasteiger partial charge is 0.324 e. The summed E-state index contributed by atoms with van der Waals surface area (Å²) < 4.78 is 0. The van der Waals surface area contributed by atoms with Gasteiger partial charge in [0.25, 0.3) is 0 Å². The van der Waals surface area contributed by atoms with Crippen molar-refractivity contribution in [3.05, 3.63) is 95.1 Å². The second-order valence-corrected chi connectivity index (χ2v) is 10.9. The standard InChI is InChI=1S/C30H26N4O2/c1-29-30(2)33-17-25-13-21-9-5-6-10-22(21)14-26(25)18-34(30)28(36)32(29)16-24-12-20-8-4-3-7-19(20)11-23(24)15-31(29)27(33)35/h3-14H,15-18H2,1-2H3. The van der Waals surface area contributed by atoms with Gasteiger partial charge in [-0.15, -0.1) is 0 Å². The third-order valence-electron chi connectivity index (χ3n) is 9.37. The van der Waals surface area contributed by atoms with Crippen LogP contribution in [0.2, 0.25) is 0 Å². The van der Waals surface area contributed by atoms with Gasteiger partial charge in [0.2, 0.25) is 0 Å². The molecule has 4 aliphatic rings. The van der Waals surface area contributed by atoms with Gasteiger partial charge in [-0.3, -0.25) is 19.6 Å². The molecule has 0 radical (unpaired) electrons. The van der Waals surface area contributed by atoms with Crippen LogP contribution in [0.4, 0.5) is 9.59 Å². The van der Waals surface area contributed by atoms with E-state index in [9.17, 15) is 9.59 Å². The summed E-state index contributed by atoms with van der Waals surface area (Å²) in [5.74, 6) is 0. The quantitative estimate of drug-likeness (QED) is 0.332. The van der Waals surface area contributed by atoms with Crippen molar-refractivity contribution in [3.63, 3.8) is 0 Å². The summed E-state index contributed by atoms with van der Waals surface area (Å²) in [4.78, 5) is 36.2. The van der Waals surface area contributed by atoms with Crippen LogP contribution < -0.4 is 0 Å². The number of urea groups is 2. The van der Waals surface area contributed by atoms with Gasteiger partial charge in [-0.1, -0.05) is 48.5 Å². The Morgan fingerprint density at radius 2 is 0.750 bits per heavy atom. The lowest BCUT2D eigenvalue weighted by Crippen LogP contribution is -2.63. The van der Waals surface area contributed by atoms with Crippen molar-refractivity contribution >= 4 is 33.6 Å². The van der Waals surface area contributed by atoms with E-state index in [1.54, 1.807) is 0 Å². The SMILES string of the molecule is CC12N3Cc4cc5ccccc5cc4CN1C(=O)N1Cc4cc5ccccc5cc4CN(C3=O)C12C. The van der Waals surface area contributed by atoms with Crippen LogP contribution in [-0.4, -0.2) is 43.0 Å². The molecule has 8 rings (SSSR count). The topological polar surface area (TPSA) is 47.1 Å². The van der Waals surface area contributed by atoms with Crippen LogP contribution >= 0.6 is 0 Å². The zero-order chi connectivity index (χ0) is 24.4. The summed E-state index contributed by atoms with van der Waals surface area (Å²) in [5.41, 5.74) is 2.89. The van der Waals surface area contributed by atoms with E-state index < -0.39 is 11.3 Å². The number of nitrogens with zero attached hydrogens (tertiary/aromatic N) is 4. The molecule has 0 bridgehead atoms. The number of hydrogen-bond donors (Lipinski definition) is 0. The van der Waals surface area contributed by atoms with Gasteiger partial charge in [0.1, 0.15) is 0 Å². The molecule has 4 aliphatic heterocycles. The molecule has 2 fully saturated rings. The summed E-state index contributed by atoms with van der Waals surface area (Å²) in [6.45, 7) is 6.13. The fraction of sp³-hybridized carbons (Fsp3) is 0.267. The van der Waals surface area contributed by atoms with Gasteiger partial charge in [0.15, 0.2) is 11.3 Å². The molecule has 178 valence electrons. The Morgan fingerprint density at radius 3 is 1.00 bits per heavy atom. The Morgan fingerprint density at radius 1 is 0.500 bits per heavy atom. The highest BCUT2D eigenvalue weighted by Crippen LogP contribution is 2.55. The third kappa shape index (κ3) is 2.19. The molecule has 0 saturated carbocycles. The van der Waals surface area contributed by atoms with Gasteiger partial charge in [-0.25, -0.2) is 9.59 Å². The van der Waals surface area contributed by atoms with E-state index in [4.69, 9.17) is 0 Å². The van der Waals surface area contributed by atoms with Crippen molar-refractivity contribution in [3.8, 4) is 0 Å². The van der Waals surface area contributed by atoms with E-state index in [0.717, 1.165) is 43.8 Å². The second kappa shape index (κ2) is 6.38. The van der Waals surface area contributed by atoms with Gasteiger partial charge in [-0.2, -0.15) is 0 Å². The van der Waals surface area contributed by atoms with Crippen molar-refractivity contribution in [2.24, 2.45) is 0 Å². The number of carbonyl (C=O) groups is 2. The van der Waals surface area contributed by atoms with Crippen molar-refractivity contribution in [2.45, 2.75) is 51.4 Å². The summed E-state index contributed by atoms with van der Waals surface area (Å²) in [7, 11) is 0. The molecule has 0 aromatic heterocycles. The molecule has 4 aromatic carbocycles. The number of amides is 4. The summed E-state index contributed by atoms with van der Waals surface area (Å²) in [6.07, 6.45) is 0. The minimum Gasteiger partial charge on any atom is -0.293 e. The zero-order valence-corrected chi connectivity index (χ0v) is 20.4. The van der Waals surface area contributed by atoms with Crippen LogP contribution in [0.15, 0.2) is 72.8 Å². The van der Waals surface area contributed by atoms with Crippen LogP contribution in [0.25, 0.3) is 21.5 Å². The lowest BCUT2D eigenvalue weighted by Gasteiger charge is -2.44. The molecule has 4 amide bonds. The molecule has 2 saturated heterocycles. The van der Waals surface area contributed by atoms with E-state index in [0.29, 0.717) is 26.2 Å². The van der Waals surface area contributed by atoms with Crippen LogP contribution in [0.5, 0.6) is 0 Å². The number of rotatable bonds is 0. The molecule has 6 heteroatoms. The molecule has 0 aliphatic carbocycles. The molecule has 0 N–H and O–H groups in total. The first-order valence-corrected chi connectivity index (χ1v) is 12.6. The van der Waals surface area contributed by atoms with Crippen LogP contribution in [0.3, 0.4) is 0 Å². The maximum absolute atomic E-state index is 14.2. The Balaban J connectivity index is 1.33. The van der Waals surface area contributed by atoms with Crippen molar-refractivity contribution in [2.75, 3.05) is 0 Å². The van der Waals surface area contributed by atoms with Gasteiger partial charge in [-0.05, 0) is 81.9 Å². The van der Waals surface area contributed by atoms with Gasteiger partial charge in [0.05, 0.1) is 26.2 Å².